The Kier molecular flexibility index (Phi) is 3.99. The highest BCUT2D eigenvalue weighted by Crippen LogP contribution is 2.37. The largest absolute Gasteiger partial charge is 0.399 e. The number of benzene rings is 2. The van der Waals surface area contributed by atoms with E-state index in [0.29, 0.717) is 6.07 Å². The van der Waals surface area contributed by atoms with Crippen molar-refractivity contribution in [1.29, 1.82) is 0 Å². The summed E-state index contributed by atoms with van der Waals surface area (Å²) in [6, 6.07) is 6.99. The van der Waals surface area contributed by atoms with Crippen molar-refractivity contribution in [3.8, 4) is 0 Å². The van der Waals surface area contributed by atoms with Crippen LogP contribution in [0, 0.1) is 11.6 Å². The van der Waals surface area contributed by atoms with E-state index in [1.54, 1.807) is 0 Å². The lowest BCUT2D eigenvalue weighted by atomic mass is 10.2. The number of anilines is 1. The number of halogens is 4. The van der Waals surface area contributed by atoms with E-state index < -0.39 is 18.1 Å². The van der Waals surface area contributed by atoms with Crippen molar-refractivity contribution in [3.63, 3.8) is 0 Å². The second-order valence-electron chi connectivity index (χ2n) is 3.77. The average molecular weight is 287 g/mol. The molecule has 0 radical (unpaired) electrons. The fourth-order valence-electron chi connectivity index (χ4n) is 1.51. The van der Waals surface area contributed by atoms with Gasteiger partial charge in [0.15, 0.2) is 0 Å². The van der Waals surface area contributed by atoms with Gasteiger partial charge in [0.25, 0.3) is 6.43 Å². The molecule has 0 aliphatic rings. The molecule has 2 aromatic rings. The molecule has 2 N–H and O–H groups in total. The molecule has 0 aromatic heterocycles. The highest BCUT2D eigenvalue weighted by atomic mass is 32.2. The molecule has 0 bridgehead atoms. The van der Waals surface area contributed by atoms with Crippen LogP contribution in [-0.4, -0.2) is 0 Å². The van der Waals surface area contributed by atoms with Gasteiger partial charge in [-0.1, -0.05) is 11.8 Å². The minimum Gasteiger partial charge on any atom is -0.399 e. The predicted molar refractivity (Wildman–Crippen MR) is 66.3 cm³/mol. The third-order valence-corrected chi connectivity index (χ3v) is 3.53. The molecule has 0 heterocycles. The van der Waals surface area contributed by atoms with E-state index in [4.69, 9.17) is 5.73 Å². The summed E-state index contributed by atoms with van der Waals surface area (Å²) >= 11 is 0.809. The lowest BCUT2D eigenvalue weighted by Crippen LogP contribution is -1.93. The van der Waals surface area contributed by atoms with E-state index in [9.17, 15) is 17.6 Å². The van der Waals surface area contributed by atoms with E-state index in [1.807, 2.05) is 0 Å². The first-order valence-corrected chi connectivity index (χ1v) is 6.09. The van der Waals surface area contributed by atoms with Gasteiger partial charge < -0.3 is 5.73 Å². The standard InChI is InChI=1S/C13H9F4NS/c14-7-1-3-12(10(15)5-7)19-11-4-2-8(18)6-9(11)13(16)17/h1-6,13H,18H2. The second-order valence-corrected chi connectivity index (χ2v) is 4.86. The summed E-state index contributed by atoms with van der Waals surface area (Å²) in [7, 11) is 0. The molecule has 0 saturated carbocycles. The molecular weight excluding hydrogens is 278 g/mol. The molecule has 0 fully saturated rings. The van der Waals surface area contributed by atoms with Crippen molar-refractivity contribution < 1.29 is 17.6 Å². The maximum atomic E-state index is 13.5. The fraction of sp³-hybridized carbons (Fsp3) is 0.0769. The van der Waals surface area contributed by atoms with E-state index >= 15 is 0 Å². The molecule has 1 nitrogen and oxygen atoms in total. The average Bonchev–Trinajstić information content (AvgIpc) is 2.34. The molecule has 0 saturated heterocycles. The molecule has 2 rings (SSSR count). The van der Waals surface area contributed by atoms with Crippen LogP contribution < -0.4 is 5.73 Å². The Hall–Kier alpha value is -1.69. The maximum Gasteiger partial charge on any atom is 0.265 e. The summed E-state index contributed by atoms with van der Waals surface area (Å²) in [6.07, 6.45) is -2.71. The predicted octanol–water partition coefficient (Wildman–Crippen LogP) is 4.64. The van der Waals surface area contributed by atoms with Gasteiger partial charge >= 0.3 is 0 Å². The lowest BCUT2D eigenvalue weighted by molar-refractivity contribution is 0.148. The Bertz CT molecular complexity index is 601. The Balaban J connectivity index is 2.38. The molecule has 0 aliphatic heterocycles. The third-order valence-electron chi connectivity index (χ3n) is 2.38. The van der Waals surface area contributed by atoms with Gasteiger partial charge in [0.2, 0.25) is 0 Å². The summed E-state index contributed by atoms with van der Waals surface area (Å²) in [6.45, 7) is 0. The van der Waals surface area contributed by atoms with Crippen molar-refractivity contribution in [3.05, 3.63) is 53.6 Å². The minimum absolute atomic E-state index is 0.0769. The lowest BCUT2D eigenvalue weighted by Gasteiger charge is -2.10. The van der Waals surface area contributed by atoms with E-state index in [-0.39, 0.29) is 21.0 Å². The molecule has 0 spiro atoms. The third kappa shape index (κ3) is 3.20. The zero-order valence-electron chi connectivity index (χ0n) is 9.54. The van der Waals surface area contributed by atoms with E-state index in [2.05, 4.69) is 0 Å². The number of nitrogens with two attached hydrogens (primary N) is 1. The number of alkyl halides is 2. The van der Waals surface area contributed by atoms with Crippen molar-refractivity contribution in [1.82, 2.24) is 0 Å². The highest BCUT2D eigenvalue weighted by Gasteiger charge is 2.15. The van der Waals surface area contributed by atoms with E-state index in [1.165, 1.54) is 18.2 Å². The smallest absolute Gasteiger partial charge is 0.265 e. The summed E-state index contributed by atoms with van der Waals surface area (Å²) in [5, 5.41) is 0. The van der Waals surface area contributed by atoms with Crippen LogP contribution in [-0.2, 0) is 0 Å². The Morgan fingerprint density at radius 1 is 0.947 bits per heavy atom. The molecule has 19 heavy (non-hydrogen) atoms. The Morgan fingerprint density at radius 3 is 2.26 bits per heavy atom. The van der Waals surface area contributed by atoms with Crippen LogP contribution in [0.15, 0.2) is 46.2 Å². The summed E-state index contributed by atoms with van der Waals surface area (Å²) < 4.78 is 51.9. The van der Waals surface area contributed by atoms with Crippen molar-refractivity contribution in [2.75, 3.05) is 5.73 Å². The monoisotopic (exact) mass is 287 g/mol. The summed E-state index contributed by atoms with van der Waals surface area (Å²) in [5.74, 6) is -1.50. The molecule has 0 unspecified atom stereocenters. The molecule has 2 aromatic carbocycles. The molecule has 100 valence electrons. The van der Waals surface area contributed by atoms with Gasteiger partial charge in [-0.3, -0.25) is 0 Å². The zero-order valence-corrected chi connectivity index (χ0v) is 10.4. The SMILES string of the molecule is Nc1ccc(Sc2ccc(F)cc2F)c(C(F)F)c1. The molecule has 0 aliphatic carbocycles. The molecule has 6 heteroatoms. The Morgan fingerprint density at radius 2 is 1.63 bits per heavy atom. The number of rotatable bonds is 3. The van der Waals surface area contributed by atoms with Crippen LogP contribution in [0.3, 0.4) is 0 Å². The van der Waals surface area contributed by atoms with Crippen LogP contribution in [0.4, 0.5) is 23.2 Å². The quantitative estimate of drug-likeness (QED) is 0.657. The van der Waals surface area contributed by atoms with Crippen LogP contribution in [0.2, 0.25) is 0 Å². The van der Waals surface area contributed by atoms with Gasteiger partial charge in [-0.15, -0.1) is 0 Å². The summed E-state index contributed by atoms with van der Waals surface area (Å²) in [5.41, 5.74) is 5.38. The summed E-state index contributed by atoms with van der Waals surface area (Å²) in [4.78, 5) is 0.266. The first-order valence-electron chi connectivity index (χ1n) is 5.28. The second kappa shape index (κ2) is 5.52. The number of hydrogen-bond acceptors (Lipinski definition) is 2. The van der Waals surface area contributed by atoms with Crippen molar-refractivity contribution >= 4 is 17.4 Å². The van der Waals surface area contributed by atoms with Crippen LogP contribution in [0.1, 0.15) is 12.0 Å². The van der Waals surface area contributed by atoms with Gasteiger partial charge in [-0.05, 0) is 30.3 Å². The van der Waals surface area contributed by atoms with Crippen LogP contribution in [0.5, 0.6) is 0 Å². The van der Waals surface area contributed by atoms with Gasteiger partial charge in [-0.2, -0.15) is 0 Å². The maximum absolute atomic E-state index is 13.5. The van der Waals surface area contributed by atoms with Crippen molar-refractivity contribution in [2.45, 2.75) is 16.2 Å². The minimum atomic E-state index is -2.71. The topological polar surface area (TPSA) is 26.0 Å². The first-order chi connectivity index (χ1) is 8.97. The van der Waals surface area contributed by atoms with Gasteiger partial charge in [0.1, 0.15) is 11.6 Å². The van der Waals surface area contributed by atoms with Gasteiger partial charge in [-0.25, -0.2) is 17.6 Å². The van der Waals surface area contributed by atoms with E-state index in [0.717, 1.165) is 23.9 Å². The van der Waals surface area contributed by atoms with Crippen LogP contribution in [0.25, 0.3) is 0 Å². The molecule has 0 atom stereocenters. The fourth-order valence-corrected chi connectivity index (χ4v) is 2.44. The number of nitrogen functional groups attached to an aromatic ring is 1. The van der Waals surface area contributed by atoms with Gasteiger partial charge in [0, 0.05) is 27.1 Å². The van der Waals surface area contributed by atoms with Gasteiger partial charge in [0.05, 0.1) is 0 Å². The first kappa shape index (κ1) is 13.7. The number of hydrogen-bond donors (Lipinski definition) is 1. The zero-order chi connectivity index (χ0) is 14.0. The molecular formula is C13H9F4NS. The van der Waals surface area contributed by atoms with Crippen molar-refractivity contribution in [2.24, 2.45) is 0 Å². The van der Waals surface area contributed by atoms with Crippen LogP contribution >= 0.6 is 11.8 Å². The Labute approximate surface area is 111 Å². The normalized spacial score (nSPS) is 11.0. The highest BCUT2D eigenvalue weighted by molar-refractivity contribution is 7.99. The molecule has 0 amide bonds.